The van der Waals surface area contributed by atoms with E-state index in [9.17, 15) is 0 Å². The highest BCUT2D eigenvalue weighted by Gasteiger charge is 2.17. The number of hydrogen-bond donors (Lipinski definition) is 1. The molecule has 0 aliphatic heterocycles. The zero-order valence-electron chi connectivity index (χ0n) is 12.1. The SMILES string of the molecule is CCNC/C(=C/c1cc(Cl)ccc1Cl)C1CCCCC1. The van der Waals surface area contributed by atoms with Crippen molar-refractivity contribution in [3.05, 3.63) is 39.4 Å². The highest BCUT2D eigenvalue weighted by atomic mass is 35.5. The molecule has 0 bridgehead atoms. The third-order valence-electron chi connectivity index (χ3n) is 4.01. The summed E-state index contributed by atoms with van der Waals surface area (Å²) in [5.74, 6) is 0.692. The van der Waals surface area contributed by atoms with Crippen LogP contribution in [0.25, 0.3) is 6.08 Å². The molecule has 0 radical (unpaired) electrons. The average molecular weight is 312 g/mol. The number of benzene rings is 1. The molecule has 0 saturated heterocycles. The fourth-order valence-electron chi connectivity index (χ4n) is 2.88. The molecule has 3 heteroatoms. The van der Waals surface area contributed by atoms with Crippen LogP contribution in [0.3, 0.4) is 0 Å². The predicted molar refractivity (Wildman–Crippen MR) is 89.6 cm³/mol. The molecule has 20 heavy (non-hydrogen) atoms. The number of likely N-dealkylation sites (N-methyl/N-ethyl adjacent to an activating group) is 1. The standard InChI is InChI=1S/C17H23Cl2N/c1-2-20-12-15(13-6-4-3-5-7-13)10-14-11-16(18)8-9-17(14)19/h8-11,13,20H,2-7,12H2,1H3/b15-10-. The Morgan fingerprint density at radius 2 is 2.00 bits per heavy atom. The first-order valence-electron chi connectivity index (χ1n) is 7.57. The van der Waals surface area contributed by atoms with Crippen molar-refractivity contribution in [3.8, 4) is 0 Å². The molecule has 0 heterocycles. The first-order valence-corrected chi connectivity index (χ1v) is 8.32. The van der Waals surface area contributed by atoms with Gasteiger partial charge >= 0.3 is 0 Å². The second-order valence-electron chi connectivity index (χ2n) is 5.50. The molecule has 2 rings (SSSR count). The highest BCUT2D eigenvalue weighted by Crippen LogP contribution is 2.32. The van der Waals surface area contributed by atoms with E-state index in [0.717, 1.165) is 28.7 Å². The van der Waals surface area contributed by atoms with Crippen molar-refractivity contribution in [2.24, 2.45) is 5.92 Å². The summed E-state index contributed by atoms with van der Waals surface area (Å²) < 4.78 is 0. The molecule has 1 fully saturated rings. The summed E-state index contributed by atoms with van der Waals surface area (Å²) in [4.78, 5) is 0. The van der Waals surface area contributed by atoms with Gasteiger partial charge in [0, 0.05) is 16.6 Å². The minimum atomic E-state index is 0.692. The smallest absolute Gasteiger partial charge is 0.0479 e. The fraction of sp³-hybridized carbons (Fsp3) is 0.529. The molecule has 0 spiro atoms. The van der Waals surface area contributed by atoms with Crippen molar-refractivity contribution in [2.45, 2.75) is 39.0 Å². The molecule has 1 saturated carbocycles. The molecule has 1 aliphatic rings. The summed E-state index contributed by atoms with van der Waals surface area (Å²) >= 11 is 12.4. The van der Waals surface area contributed by atoms with Gasteiger partial charge in [0.1, 0.15) is 0 Å². The Balaban J connectivity index is 2.23. The molecule has 1 aliphatic carbocycles. The van der Waals surface area contributed by atoms with E-state index in [1.54, 1.807) is 0 Å². The second-order valence-corrected chi connectivity index (χ2v) is 6.34. The van der Waals surface area contributed by atoms with Gasteiger partial charge < -0.3 is 5.32 Å². The maximum absolute atomic E-state index is 6.29. The van der Waals surface area contributed by atoms with Crippen molar-refractivity contribution in [1.82, 2.24) is 5.32 Å². The van der Waals surface area contributed by atoms with Crippen LogP contribution < -0.4 is 5.32 Å². The lowest BCUT2D eigenvalue weighted by molar-refractivity contribution is 0.397. The van der Waals surface area contributed by atoms with Crippen molar-refractivity contribution in [2.75, 3.05) is 13.1 Å². The first kappa shape index (κ1) is 15.9. The second kappa shape index (κ2) is 8.07. The molecule has 1 aromatic carbocycles. The Bertz CT molecular complexity index is 462. The molecule has 0 aromatic heterocycles. The summed E-state index contributed by atoms with van der Waals surface area (Å²) in [5.41, 5.74) is 2.51. The van der Waals surface area contributed by atoms with E-state index in [4.69, 9.17) is 23.2 Å². The van der Waals surface area contributed by atoms with Gasteiger partial charge in [0.05, 0.1) is 0 Å². The molecular formula is C17H23Cl2N. The molecule has 1 nitrogen and oxygen atoms in total. The van der Waals surface area contributed by atoms with Crippen LogP contribution in [0.5, 0.6) is 0 Å². The summed E-state index contributed by atoms with van der Waals surface area (Å²) in [7, 11) is 0. The molecule has 0 atom stereocenters. The van der Waals surface area contributed by atoms with E-state index in [0.29, 0.717) is 5.92 Å². The molecule has 0 amide bonds. The van der Waals surface area contributed by atoms with Crippen LogP contribution in [0.2, 0.25) is 10.0 Å². The van der Waals surface area contributed by atoms with Crippen LogP contribution in [0, 0.1) is 5.92 Å². The highest BCUT2D eigenvalue weighted by molar-refractivity contribution is 6.34. The number of halogens is 2. The van der Waals surface area contributed by atoms with E-state index in [1.165, 1.54) is 37.7 Å². The number of hydrogen-bond acceptors (Lipinski definition) is 1. The van der Waals surface area contributed by atoms with Gasteiger partial charge in [-0.25, -0.2) is 0 Å². The Kier molecular flexibility index (Phi) is 6.41. The zero-order chi connectivity index (χ0) is 14.4. The van der Waals surface area contributed by atoms with Crippen molar-refractivity contribution < 1.29 is 0 Å². The average Bonchev–Trinajstić information content (AvgIpc) is 2.48. The van der Waals surface area contributed by atoms with Crippen LogP contribution in [-0.2, 0) is 0 Å². The first-order chi connectivity index (χ1) is 9.70. The van der Waals surface area contributed by atoms with Gasteiger partial charge in [0.15, 0.2) is 0 Å². The van der Waals surface area contributed by atoms with E-state index < -0.39 is 0 Å². The van der Waals surface area contributed by atoms with Gasteiger partial charge in [-0.3, -0.25) is 0 Å². The minimum absolute atomic E-state index is 0.692. The van der Waals surface area contributed by atoms with Crippen LogP contribution in [0.4, 0.5) is 0 Å². The van der Waals surface area contributed by atoms with E-state index >= 15 is 0 Å². The Morgan fingerprint density at radius 3 is 2.70 bits per heavy atom. The molecule has 110 valence electrons. The largest absolute Gasteiger partial charge is 0.313 e. The predicted octanol–water partition coefficient (Wildman–Crippen LogP) is 5.57. The Hall–Kier alpha value is -0.500. The van der Waals surface area contributed by atoms with Gasteiger partial charge in [-0.05, 0) is 49.1 Å². The molecule has 1 N–H and O–H groups in total. The third-order valence-corrected chi connectivity index (χ3v) is 4.59. The summed E-state index contributed by atoms with van der Waals surface area (Å²) in [6.45, 7) is 4.09. The van der Waals surface area contributed by atoms with Crippen molar-refractivity contribution in [3.63, 3.8) is 0 Å². The lowest BCUT2D eigenvalue weighted by Crippen LogP contribution is -2.22. The maximum atomic E-state index is 6.29. The van der Waals surface area contributed by atoms with Gasteiger partial charge in [0.2, 0.25) is 0 Å². The van der Waals surface area contributed by atoms with E-state index in [1.807, 2.05) is 18.2 Å². The molecular weight excluding hydrogens is 289 g/mol. The Morgan fingerprint density at radius 1 is 1.25 bits per heavy atom. The monoisotopic (exact) mass is 311 g/mol. The minimum Gasteiger partial charge on any atom is -0.313 e. The third kappa shape index (κ3) is 4.51. The van der Waals surface area contributed by atoms with Gasteiger partial charge in [0.25, 0.3) is 0 Å². The number of rotatable bonds is 5. The molecule has 1 aromatic rings. The van der Waals surface area contributed by atoms with Crippen molar-refractivity contribution in [1.29, 1.82) is 0 Å². The molecule has 0 unspecified atom stereocenters. The topological polar surface area (TPSA) is 12.0 Å². The van der Waals surface area contributed by atoms with Crippen LogP contribution in [0.15, 0.2) is 23.8 Å². The fourth-order valence-corrected chi connectivity index (χ4v) is 3.23. The number of nitrogens with one attached hydrogen (secondary N) is 1. The van der Waals surface area contributed by atoms with Crippen molar-refractivity contribution >= 4 is 29.3 Å². The van der Waals surface area contributed by atoms with Crippen LogP contribution in [0.1, 0.15) is 44.6 Å². The zero-order valence-corrected chi connectivity index (χ0v) is 13.6. The van der Waals surface area contributed by atoms with Crippen LogP contribution in [-0.4, -0.2) is 13.1 Å². The summed E-state index contributed by atoms with van der Waals surface area (Å²) in [6, 6.07) is 5.67. The van der Waals surface area contributed by atoms with Gasteiger partial charge in [-0.15, -0.1) is 0 Å². The quantitative estimate of drug-likeness (QED) is 0.750. The summed E-state index contributed by atoms with van der Waals surface area (Å²) in [5, 5.41) is 4.98. The van der Waals surface area contributed by atoms with Gasteiger partial charge in [-0.2, -0.15) is 0 Å². The van der Waals surface area contributed by atoms with Crippen LogP contribution >= 0.6 is 23.2 Å². The Labute approximate surface area is 132 Å². The summed E-state index contributed by atoms with van der Waals surface area (Å²) in [6.07, 6.45) is 8.91. The normalized spacial score (nSPS) is 17.4. The van der Waals surface area contributed by atoms with E-state index in [2.05, 4.69) is 18.3 Å². The lowest BCUT2D eigenvalue weighted by Gasteiger charge is -2.25. The van der Waals surface area contributed by atoms with Gasteiger partial charge in [-0.1, -0.05) is 61.0 Å². The lowest BCUT2D eigenvalue weighted by atomic mass is 9.83. The maximum Gasteiger partial charge on any atom is 0.0479 e. The van der Waals surface area contributed by atoms with E-state index in [-0.39, 0.29) is 0 Å².